The Morgan fingerprint density at radius 1 is 1.33 bits per heavy atom. The van der Waals surface area contributed by atoms with Crippen LogP contribution in [0.1, 0.15) is 47.5 Å². The third kappa shape index (κ3) is 6.20. The van der Waals surface area contributed by atoms with Crippen molar-refractivity contribution < 1.29 is 0 Å². The standard InChI is InChI=1S/C10H22N2/c1-6-9(4)11-12-10(5)7-8(2)3/h8,10,12H,6-7H2,1-5H3. The average molecular weight is 170 g/mol. The Morgan fingerprint density at radius 2 is 1.92 bits per heavy atom. The van der Waals surface area contributed by atoms with Gasteiger partial charge in [0.2, 0.25) is 0 Å². The number of nitrogens with one attached hydrogen (secondary N) is 1. The smallest absolute Gasteiger partial charge is 0.0414 e. The minimum absolute atomic E-state index is 0.492. The zero-order chi connectivity index (χ0) is 9.56. The van der Waals surface area contributed by atoms with Crippen LogP contribution in [0.5, 0.6) is 0 Å². The predicted octanol–water partition coefficient (Wildman–Crippen LogP) is 2.80. The summed E-state index contributed by atoms with van der Waals surface area (Å²) in [5.41, 5.74) is 4.32. The molecule has 0 radical (unpaired) electrons. The lowest BCUT2D eigenvalue weighted by molar-refractivity contribution is 0.452. The molecule has 0 aliphatic heterocycles. The lowest BCUT2D eigenvalue weighted by Crippen LogP contribution is -2.23. The van der Waals surface area contributed by atoms with E-state index in [1.54, 1.807) is 0 Å². The lowest BCUT2D eigenvalue weighted by Gasteiger charge is -2.13. The molecule has 1 N–H and O–H groups in total. The summed E-state index contributed by atoms with van der Waals surface area (Å²) in [6.07, 6.45) is 2.21. The molecule has 0 saturated heterocycles. The molecule has 1 unspecified atom stereocenters. The molecular formula is C10H22N2. The Labute approximate surface area is 76.4 Å². The van der Waals surface area contributed by atoms with Crippen molar-refractivity contribution in [2.45, 2.75) is 53.5 Å². The van der Waals surface area contributed by atoms with Crippen LogP contribution in [0, 0.1) is 5.92 Å². The molecule has 12 heavy (non-hydrogen) atoms. The molecule has 0 aromatic carbocycles. The van der Waals surface area contributed by atoms with Crippen molar-refractivity contribution in [1.29, 1.82) is 0 Å². The highest BCUT2D eigenvalue weighted by Gasteiger charge is 2.02. The van der Waals surface area contributed by atoms with Crippen LogP contribution >= 0.6 is 0 Å². The van der Waals surface area contributed by atoms with Gasteiger partial charge in [0.25, 0.3) is 0 Å². The molecule has 2 nitrogen and oxygen atoms in total. The Bertz CT molecular complexity index is 139. The van der Waals surface area contributed by atoms with Crippen LogP contribution in [-0.4, -0.2) is 11.8 Å². The first-order chi connectivity index (χ1) is 5.56. The van der Waals surface area contributed by atoms with Crippen molar-refractivity contribution in [3.05, 3.63) is 0 Å². The fraction of sp³-hybridized carbons (Fsp3) is 0.900. The summed E-state index contributed by atoms with van der Waals surface area (Å²) in [4.78, 5) is 0. The zero-order valence-electron chi connectivity index (χ0n) is 9.02. The van der Waals surface area contributed by atoms with E-state index in [1.807, 2.05) is 0 Å². The van der Waals surface area contributed by atoms with Gasteiger partial charge in [0.05, 0.1) is 0 Å². The van der Waals surface area contributed by atoms with Crippen molar-refractivity contribution >= 4 is 5.71 Å². The van der Waals surface area contributed by atoms with Gasteiger partial charge in [0.1, 0.15) is 0 Å². The summed E-state index contributed by atoms with van der Waals surface area (Å²) < 4.78 is 0. The SMILES string of the molecule is CCC(C)=NNC(C)CC(C)C. The molecule has 0 aliphatic rings. The third-order valence-electron chi connectivity index (χ3n) is 1.81. The maximum absolute atomic E-state index is 4.26. The fourth-order valence-corrected chi connectivity index (χ4v) is 1.06. The van der Waals surface area contributed by atoms with Crippen LogP contribution in [0.3, 0.4) is 0 Å². The molecule has 0 saturated carbocycles. The monoisotopic (exact) mass is 170 g/mol. The maximum Gasteiger partial charge on any atom is 0.0414 e. The van der Waals surface area contributed by atoms with Crippen molar-refractivity contribution in [2.75, 3.05) is 0 Å². The van der Waals surface area contributed by atoms with E-state index < -0.39 is 0 Å². The van der Waals surface area contributed by atoms with Gasteiger partial charge in [-0.25, -0.2) is 0 Å². The molecule has 0 spiro atoms. The second kappa shape index (κ2) is 6.04. The van der Waals surface area contributed by atoms with E-state index >= 15 is 0 Å². The molecule has 0 heterocycles. The Morgan fingerprint density at radius 3 is 2.33 bits per heavy atom. The molecule has 0 aromatic heterocycles. The van der Waals surface area contributed by atoms with E-state index in [0.717, 1.165) is 12.3 Å². The highest BCUT2D eigenvalue weighted by Crippen LogP contribution is 2.03. The number of hydrazone groups is 1. The fourth-order valence-electron chi connectivity index (χ4n) is 1.06. The van der Waals surface area contributed by atoms with Crippen LogP contribution in [0.15, 0.2) is 5.10 Å². The second-order valence-corrected chi connectivity index (χ2v) is 3.86. The molecule has 1 atom stereocenters. The molecule has 0 fully saturated rings. The number of rotatable bonds is 5. The largest absolute Gasteiger partial charge is 0.307 e. The third-order valence-corrected chi connectivity index (χ3v) is 1.81. The van der Waals surface area contributed by atoms with Gasteiger partial charge in [-0.15, -0.1) is 0 Å². The number of hydrogen-bond acceptors (Lipinski definition) is 2. The first kappa shape index (κ1) is 11.5. The van der Waals surface area contributed by atoms with Crippen LogP contribution in [0.2, 0.25) is 0 Å². The topological polar surface area (TPSA) is 24.4 Å². The van der Waals surface area contributed by atoms with Gasteiger partial charge in [-0.05, 0) is 32.6 Å². The average Bonchev–Trinajstić information content (AvgIpc) is 1.99. The van der Waals surface area contributed by atoms with E-state index in [2.05, 4.69) is 45.1 Å². The van der Waals surface area contributed by atoms with Crippen molar-refractivity contribution in [3.8, 4) is 0 Å². The van der Waals surface area contributed by atoms with Gasteiger partial charge in [-0.2, -0.15) is 5.10 Å². The molecule has 0 aliphatic carbocycles. The van der Waals surface area contributed by atoms with Gasteiger partial charge in [0, 0.05) is 11.8 Å². The molecule has 72 valence electrons. The van der Waals surface area contributed by atoms with Crippen LogP contribution in [-0.2, 0) is 0 Å². The second-order valence-electron chi connectivity index (χ2n) is 3.86. The molecule has 0 amide bonds. The number of nitrogens with zero attached hydrogens (tertiary/aromatic N) is 1. The van der Waals surface area contributed by atoms with E-state index in [4.69, 9.17) is 0 Å². The summed E-state index contributed by atoms with van der Waals surface area (Å²) in [6.45, 7) is 10.8. The van der Waals surface area contributed by atoms with Gasteiger partial charge in [0.15, 0.2) is 0 Å². The Balaban J connectivity index is 3.62. The molecular weight excluding hydrogens is 148 g/mol. The highest BCUT2D eigenvalue weighted by molar-refractivity contribution is 5.81. The van der Waals surface area contributed by atoms with E-state index in [0.29, 0.717) is 6.04 Å². The predicted molar refractivity (Wildman–Crippen MR) is 55.5 cm³/mol. The van der Waals surface area contributed by atoms with Gasteiger partial charge >= 0.3 is 0 Å². The lowest BCUT2D eigenvalue weighted by atomic mass is 10.1. The van der Waals surface area contributed by atoms with Crippen LogP contribution in [0.4, 0.5) is 0 Å². The molecule has 2 heteroatoms. The first-order valence-electron chi connectivity index (χ1n) is 4.85. The summed E-state index contributed by atoms with van der Waals surface area (Å²) in [6, 6.07) is 0.492. The molecule has 0 bridgehead atoms. The highest BCUT2D eigenvalue weighted by atomic mass is 15.3. The van der Waals surface area contributed by atoms with Gasteiger partial charge in [-0.3, -0.25) is 0 Å². The van der Waals surface area contributed by atoms with E-state index in [1.165, 1.54) is 12.1 Å². The zero-order valence-corrected chi connectivity index (χ0v) is 9.02. The summed E-state index contributed by atoms with van der Waals surface area (Å²) in [5.74, 6) is 0.740. The van der Waals surface area contributed by atoms with E-state index in [9.17, 15) is 0 Å². The number of hydrogen-bond donors (Lipinski definition) is 1. The molecule has 0 aromatic rings. The van der Waals surface area contributed by atoms with E-state index in [-0.39, 0.29) is 0 Å². The van der Waals surface area contributed by atoms with Crippen LogP contribution < -0.4 is 5.43 Å². The van der Waals surface area contributed by atoms with Crippen molar-refractivity contribution in [2.24, 2.45) is 11.0 Å². The maximum atomic E-state index is 4.26. The van der Waals surface area contributed by atoms with Crippen LogP contribution in [0.25, 0.3) is 0 Å². The Hall–Kier alpha value is -0.530. The Kier molecular flexibility index (Phi) is 5.77. The molecule has 0 rings (SSSR count). The minimum Gasteiger partial charge on any atom is -0.307 e. The van der Waals surface area contributed by atoms with Gasteiger partial charge in [-0.1, -0.05) is 20.8 Å². The summed E-state index contributed by atoms with van der Waals surface area (Å²) >= 11 is 0. The minimum atomic E-state index is 0.492. The first-order valence-corrected chi connectivity index (χ1v) is 4.85. The van der Waals surface area contributed by atoms with Gasteiger partial charge < -0.3 is 5.43 Å². The summed E-state index contributed by atoms with van der Waals surface area (Å²) in [5, 5.41) is 4.26. The summed E-state index contributed by atoms with van der Waals surface area (Å²) in [7, 11) is 0. The van der Waals surface area contributed by atoms with Crippen molar-refractivity contribution in [1.82, 2.24) is 5.43 Å². The quantitative estimate of drug-likeness (QED) is 0.498. The van der Waals surface area contributed by atoms with Crippen molar-refractivity contribution in [3.63, 3.8) is 0 Å². The normalized spacial score (nSPS) is 15.0.